The van der Waals surface area contributed by atoms with Crippen molar-refractivity contribution >= 4 is 17.4 Å². The van der Waals surface area contributed by atoms with Gasteiger partial charge >= 0.3 is 6.03 Å². The summed E-state index contributed by atoms with van der Waals surface area (Å²) in [6.45, 7) is 5.77. The maximum Gasteiger partial charge on any atom is 0.326 e. The van der Waals surface area contributed by atoms with Crippen molar-refractivity contribution < 1.29 is 4.79 Å². The Morgan fingerprint density at radius 3 is 3.00 bits per heavy atom. The van der Waals surface area contributed by atoms with E-state index in [1.165, 1.54) is 4.90 Å². The van der Waals surface area contributed by atoms with Gasteiger partial charge in [0.05, 0.1) is 11.9 Å². The molecule has 4 nitrogen and oxygen atoms in total. The number of carbonyl (C=O) groups is 1. The van der Waals surface area contributed by atoms with Gasteiger partial charge < -0.3 is 5.32 Å². The normalized spacial score (nSPS) is 15.1. The smallest absolute Gasteiger partial charge is 0.305 e. The third kappa shape index (κ3) is 1.16. The van der Waals surface area contributed by atoms with Crippen molar-refractivity contribution in [3.05, 3.63) is 30.1 Å². The molecule has 1 aliphatic rings. The molecule has 1 aromatic rings. The third-order valence-corrected chi connectivity index (χ3v) is 2.30. The first-order valence-electron chi connectivity index (χ1n) is 4.30. The molecule has 0 radical (unpaired) electrons. The van der Waals surface area contributed by atoms with Crippen molar-refractivity contribution in [2.45, 2.75) is 6.92 Å². The van der Waals surface area contributed by atoms with Crippen LogP contribution in [0.3, 0.4) is 0 Å². The summed E-state index contributed by atoms with van der Waals surface area (Å²) in [5.74, 6) is 0. The number of nitrogens with zero attached hydrogens (tertiary/aromatic N) is 2. The molecule has 0 spiro atoms. The minimum absolute atomic E-state index is 0.173. The molecule has 0 saturated carbocycles. The Morgan fingerprint density at radius 2 is 2.29 bits per heavy atom. The summed E-state index contributed by atoms with van der Waals surface area (Å²) in [5.41, 5.74) is 3.27. The van der Waals surface area contributed by atoms with Crippen molar-refractivity contribution in [3.8, 4) is 0 Å². The zero-order valence-corrected chi connectivity index (χ0v) is 8.16. The van der Waals surface area contributed by atoms with Gasteiger partial charge in [0, 0.05) is 24.0 Å². The molecule has 0 aromatic carbocycles. The van der Waals surface area contributed by atoms with E-state index in [0.29, 0.717) is 5.70 Å². The van der Waals surface area contributed by atoms with Gasteiger partial charge in [0.2, 0.25) is 0 Å². The second-order valence-electron chi connectivity index (χ2n) is 3.31. The molecule has 2 rings (SSSR count). The molecule has 2 amide bonds. The molecule has 2 heterocycles. The molecule has 0 fully saturated rings. The van der Waals surface area contributed by atoms with Crippen LogP contribution < -0.4 is 5.32 Å². The quantitative estimate of drug-likeness (QED) is 0.676. The summed E-state index contributed by atoms with van der Waals surface area (Å²) in [7, 11) is 1.69. The number of amides is 2. The number of nitrogens with one attached hydrogen (secondary N) is 1. The van der Waals surface area contributed by atoms with Crippen LogP contribution in [0.25, 0.3) is 5.70 Å². The van der Waals surface area contributed by atoms with Crippen LogP contribution in [0.1, 0.15) is 11.3 Å². The fourth-order valence-electron chi connectivity index (χ4n) is 1.40. The van der Waals surface area contributed by atoms with Crippen LogP contribution in [0.2, 0.25) is 0 Å². The number of urea groups is 1. The summed E-state index contributed by atoms with van der Waals surface area (Å²) in [6, 6.07) is 1.74. The van der Waals surface area contributed by atoms with E-state index in [4.69, 9.17) is 0 Å². The lowest BCUT2D eigenvalue weighted by molar-refractivity contribution is 0.236. The largest absolute Gasteiger partial charge is 0.326 e. The number of aromatic nitrogens is 1. The van der Waals surface area contributed by atoms with Crippen LogP contribution in [0.5, 0.6) is 0 Å². The second-order valence-corrected chi connectivity index (χ2v) is 3.31. The number of fused-ring (bicyclic) bond motifs is 1. The van der Waals surface area contributed by atoms with E-state index in [-0.39, 0.29) is 6.03 Å². The van der Waals surface area contributed by atoms with Crippen LogP contribution in [-0.2, 0) is 0 Å². The van der Waals surface area contributed by atoms with Gasteiger partial charge in [0.25, 0.3) is 0 Å². The topological polar surface area (TPSA) is 45.2 Å². The zero-order chi connectivity index (χ0) is 10.3. The highest BCUT2D eigenvalue weighted by Crippen LogP contribution is 2.29. The molecule has 0 saturated heterocycles. The lowest BCUT2D eigenvalue weighted by Crippen LogP contribution is -2.34. The van der Waals surface area contributed by atoms with E-state index < -0.39 is 0 Å². The van der Waals surface area contributed by atoms with Crippen LogP contribution in [-0.4, -0.2) is 23.0 Å². The van der Waals surface area contributed by atoms with Crippen LogP contribution in [0.4, 0.5) is 10.5 Å². The van der Waals surface area contributed by atoms with Gasteiger partial charge in [-0.15, -0.1) is 0 Å². The Morgan fingerprint density at radius 1 is 1.57 bits per heavy atom. The molecule has 0 bridgehead atoms. The van der Waals surface area contributed by atoms with Crippen LogP contribution in [0, 0.1) is 6.92 Å². The molecule has 14 heavy (non-hydrogen) atoms. The van der Waals surface area contributed by atoms with E-state index in [2.05, 4.69) is 16.9 Å². The molecule has 0 atom stereocenters. The van der Waals surface area contributed by atoms with E-state index in [9.17, 15) is 4.79 Å². The Balaban J connectivity index is 2.57. The summed E-state index contributed by atoms with van der Waals surface area (Å²) in [6.07, 6.45) is 1.65. The molecule has 1 aromatic heterocycles. The fraction of sp³-hybridized carbons (Fsp3) is 0.200. The van der Waals surface area contributed by atoms with E-state index in [1.54, 1.807) is 13.2 Å². The lowest BCUT2D eigenvalue weighted by Gasteiger charge is -2.27. The predicted molar refractivity (Wildman–Crippen MR) is 54.8 cm³/mol. The van der Waals surface area contributed by atoms with Crippen LogP contribution >= 0.6 is 0 Å². The average Bonchev–Trinajstić information content (AvgIpc) is 2.16. The Bertz CT molecular complexity index is 425. The van der Waals surface area contributed by atoms with Crippen molar-refractivity contribution in [2.75, 3.05) is 12.4 Å². The maximum absolute atomic E-state index is 11.4. The molecule has 0 aliphatic carbocycles. The van der Waals surface area contributed by atoms with Crippen molar-refractivity contribution in [1.29, 1.82) is 0 Å². The van der Waals surface area contributed by atoms with Crippen molar-refractivity contribution in [2.24, 2.45) is 0 Å². The molecule has 4 heteroatoms. The number of hydrogen-bond acceptors (Lipinski definition) is 2. The first-order chi connectivity index (χ1) is 6.59. The van der Waals surface area contributed by atoms with E-state index in [0.717, 1.165) is 16.9 Å². The first kappa shape index (κ1) is 8.74. The van der Waals surface area contributed by atoms with Crippen molar-refractivity contribution in [1.82, 2.24) is 9.88 Å². The molecule has 72 valence electrons. The summed E-state index contributed by atoms with van der Waals surface area (Å²) < 4.78 is 0. The minimum Gasteiger partial charge on any atom is -0.305 e. The van der Waals surface area contributed by atoms with Gasteiger partial charge in [0.15, 0.2) is 0 Å². The molecular weight excluding hydrogens is 178 g/mol. The van der Waals surface area contributed by atoms with E-state index in [1.807, 2.05) is 13.0 Å². The Labute approximate surface area is 82.3 Å². The van der Waals surface area contributed by atoms with Crippen molar-refractivity contribution in [3.63, 3.8) is 0 Å². The highest BCUT2D eigenvalue weighted by Gasteiger charge is 2.22. The minimum atomic E-state index is -0.173. The van der Waals surface area contributed by atoms with Gasteiger partial charge in [-0.1, -0.05) is 6.58 Å². The SMILES string of the molecule is C=C1c2cc(C)ncc2NC(=O)N1C. The summed E-state index contributed by atoms with van der Waals surface area (Å²) >= 11 is 0. The monoisotopic (exact) mass is 189 g/mol. The molecule has 1 aliphatic heterocycles. The summed E-state index contributed by atoms with van der Waals surface area (Å²) in [4.78, 5) is 17.0. The van der Waals surface area contributed by atoms with Crippen LogP contribution in [0.15, 0.2) is 18.8 Å². The third-order valence-electron chi connectivity index (χ3n) is 2.30. The van der Waals surface area contributed by atoms with E-state index >= 15 is 0 Å². The maximum atomic E-state index is 11.4. The number of pyridine rings is 1. The zero-order valence-electron chi connectivity index (χ0n) is 8.16. The highest BCUT2D eigenvalue weighted by molar-refractivity contribution is 6.02. The van der Waals surface area contributed by atoms with Gasteiger partial charge in [0.1, 0.15) is 0 Å². The van der Waals surface area contributed by atoms with Gasteiger partial charge in [-0.2, -0.15) is 0 Å². The standard InChI is InChI=1S/C10H11N3O/c1-6-4-8-7(2)13(3)10(14)12-9(8)5-11-6/h4-5H,2H2,1,3H3,(H,12,14). The number of aryl methyl sites for hydroxylation is 1. The first-order valence-corrected chi connectivity index (χ1v) is 4.30. The molecular formula is C10H11N3O. The fourth-order valence-corrected chi connectivity index (χ4v) is 1.40. The van der Waals surface area contributed by atoms with Gasteiger partial charge in [-0.3, -0.25) is 9.88 Å². The Kier molecular flexibility index (Phi) is 1.77. The number of rotatable bonds is 0. The number of hydrogen-bond donors (Lipinski definition) is 1. The lowest BCUT2D eigenvalue weighted by atomic mass is 10.1. The highest BCUT2D eigenvalue weighted by atomic mass is 16.2. The Hall–Kier alpha value is -1.84. The molecule has 1 N–H and O–H groups in total. The molecule has 0 unspecified atom stereocenters. The number of carbonyl (C=O) groups excluding carboxylic acids is 1. The summed E-state index contributed by atoms with van der Waals surface area (Å²) in [5, 5.41) is 2.73. The van der Waals surface area contributed by atoms with Gasteiger partial charge in [-0.05, 0) is 13.0 Å². The average molecular weight is 189 g/mol. The predicted octanol–water partition coefficient (Wildman–Crippen LogP) is 1.84. The van der Waals surface area contributed by atoms with Gasteiger partial charge in [-0.25, -0.2) is 4.79 Å². The number of anilines is 1. The second kappa shape index (κ2) is 2.83.